The van der Waals surface area contributed by atoms with Crippen molar-refractivity contribution in [1.29, 1.82) is 0 Å². The number of rotatable bonds is 5. The van der Waals surface area contributed by atoms with Crippen molar-refractivity contribution in [2.45, 2.75) is 0 Å². The summed E-state index contributed by atoms with van der Waals surface area (Å²) in [4.78, 5) is 12.0. The lowest BCUT2D eigenvalue weighted by Crippen LogP contribution is -2.36. The number of hydrogen-bond acceptors (Lipinski definition) is 6. The lowest BCUT2D eigenvalue weighted by molar-refractivity contribution is 0.122. The van der Waals surface area contributed by atoms with Crippen LogP contribution >= 0.6 is 0 Å². The Hall–Kier alpha value is -3.12. The molecule has 2 aromatic carbocycles. The Bertz CT molecular complexity index is 921. The molecule has 0 amide bonds. The van der Waals surface area contributed by atoms with Crippen LogP contribution in [0.5, 0.6) is 11.5 Å². The molecule has 6 heteroatoms. The van der Waals surface area contributed by atoms with Crippen molar-refractivity contribution in [2.75, 3.05) is 45.4 Å². The Morgan fingerprint density at radius 3 is 1.86 bits per heavy atom. The van der Waals surface area contributed by atoms with E-state index in [1.165, 1.54) is 0 Å². The normalized spacial score (nSPS) is 14.0. The number of methoxy groups -OCH3 is 2. The first-order valence-corrected chi connectivity index (χ1v) is 9.27. The van der Waals surface area contributed by atoms with Gasteiger partial charge in [-0.2, -0.15) is 0 Å². The average Bonchev–Trinajstić information content (AvgIpc) is 2.79. The molecule has 2 heterocycles. The lowest BCUT2D eigenvalue weighted by atomic mass is 10.0. The van der Waals surface area contributed by atoms with Crippen molar-refractivity contribution in [1.82, 2.24) is 9.97 Å². The molecular weight excluding hydrogens is 354 g/mol. The van der Waals surface area contributed by atoms with Gasteiger partial charge in [-0.05, 0) is 48.5 Å². The van der Waals surface area contributed by atoms with Crippen molar-refractivity contribution in [3.05, 3.63) is 54.7 Å². The summed E-state index contributed by atoms with van der Waals surface area (Å²) in [6.45, 7) is 3.05. The Labute approximate surface area is 164 Å². The molecule has 1 fully saturated rings. The second-order valence-electron chi connectivity index (χ2n) is 6.48. The van der Waals surface area contributed by atoms with E-state index in [9.17, 15) is 0 Å². The van der Waals surface area contributed by atoms with E-state index >= 15 is 0 Å². The standard InChI is InChI=1S/C22H23N3O3/c1-26-18-7-3-16(4-8-18)21-22(17-5-9-19(27-2)10-6-17)24-20(15-23-21)25-11-13-28-14-12-25/h3-10,15H,11-14H2,1-2H3. The molecule has 0 spiro atoms. The average molecular weight is 377 g/mol. The van der Waals surface area contributed by atoms with E-state index in [-0.39, 0.29) is 0 Å². The fourth-order valence-electron chi connectivity index (χ4n) is 3.23. The molecule has 0 aliphatic carbocycles. The quantitative estimate of drug-likeness (QED) is 0.676. The van der Waals surface area contributed by atoms with Gasteiger partial charge < -0.3 is 19.1 Å². The minimum Gasteiger partial charge on any atom is -0.497 e. The summed E-state index contributed by atoms with van der Waals surface area (Å²) in [5.41, 5.74) is 3.67. The van der Waals surface area contributed by atoms with E-state index in [2.05, 4.69) is 4.90 Å². The SMILES string of the molecule is COc1ccc(-c2ncc(N3CCOCC3)nc2-c2ccc(OC)cc2)cc1. The van der Waals surface area contributed by atoms with Crippen molar-refractivity contribution < 1.29 is 14.2 Å². The molecule has 0 bridgehead atoms. The Morgan fingerprint density at radius 1 is 0.786 bits per heavy atom. The second-order valence-corrected chi connectivity index (χ2v) is 6.48. The van der Waals surface area contributed by atoms with Gasteiger partial charge in [0.2, 0.25) is 0 Å². The lowest BCUT2D eigenvalue weighted by Gasteiger charge is -2.28. The number of morpholine rings is 1. The monoisotopic (exact) mass is 377 g/mol. The third-order valence-electron chi connectivity index (χ3n) is 4.82. The molecule has 4 rings (SSSR count). The van der Waals surface area contributed by atoms with E-state index in [0.29, 0.717) is 13.2 Å². The largest absolute Gasteiger partial charge is 0.497 e. The smallest absolute Gasteiger partial charge is 0.148 e. The molecule has 1 aromatic heterocycles. The zero-order valence-electron chi connectivity index (χ0n) is 16.1. The summed E-state index contributed by atoms with van der Waals surface area (Å²) in [7, 11) is 3.32. The molecule has 0 N–H and O–H groups in total. The number of hydrogen-bond donors (Lipinski definition) is 0. The van der Waals surface area contributed by atoms with E-state index in [0.717, 1.165) is 52.9 Å². The van der Waals surface area contributed by atoms with Gasteiger partial charge in [-0.25, -0.2) is 4.98 Å². The topological polar surface area (TPSA) is 56.7 Å². The highest BCUT2D eigenvalue weighted by Gasteiger charge is 2.17. The number of nitrogens with zero attached hydrogens (tertiary/aromatic N) is 3. The molecule has 0 radical (unpaired) electrons. The molecule has 1 aliphatic heterocycles. The number of benzene rings is 2. The fraction of sp³-hybridized carbons (Fsp3) is 0.273. The van der Waals surface area contributed by atoms with Crippen LogP contribution < -0.4 is 14.4 Å². The molecule has 0 saturated carbocycles. The highest BCUT2D eigenvalue weighted by molar-refractivity contribution is 5.79. The number of anilines is 1. The first kappa shape index (κ1) is 18.3. The first-order valence-electron chi connectivity index (χ1n) is 9.27. The minimum atomic E-state index is 0.708. The Kier molecular flexibility index (Phi) is 5.39. The van der Waals surface area contributed by atoms with Crippen molar-refractivity contribution in [3.8, 4) is 34.0 Å². The Morgan fingerprint density at radius 2 is 1.32 bits per heavy atom. The van der Waals surface area contributed by atoms with Gasteiger partial charge in [0.05, 0.1) is 45.0 Å². The predicted molar refractivity (Wildman–Crippen MR) is 109 cm³/mol. The fourth-order valence-corrected chi connectivity index (χ4v) is 3.23. The van der Waals surface area contributed by atoms with Crippen LogP contribution in [0.4, 0.5) is 5.82 Å². The zero-order valence-corrected chi connectivity index (χ0v) is 16.1. The summed E-state index contributed by atoms with van der Waals surface area (Å²) in [6.07, 6.45) is 1.85. The van der Waals surface area contributed by atoms with Crippen LogP contribution in [0.3, 0.4) is 0 Å². The highest BCUT2D eigenvalue weighted by atomic mass is 16.5. The molecule has 6 nitrogen and oxygen atoms in total. The first-order chi connectivity index (χ1) is 13.8. The predicted octanol–water partition coefficient (Wildman–Crippen LogP) is 3.66. The van der Waals surface area contributed by atoms with Crippen LogP contribution in [0.15, 0.2) is 54.7 Å². The van der Waals surface area contributed by atoms with Crippen LogP contribution in [0.25, 0.3) is 22.5 Å². The van der Waals surface area contributed by atoms with Gasteiger partial charge in [-0.1, -0.05) is 0 Å². The zero-order chi connectivity index (χ0) is 19.3. The van der Waals surface area contributed by atoms with Gasteiger partial charge >= 0.3 is 0 Å². The van der Waals surface area contributed by atoms with Crippen molar-refractivity contribution in [3.63, 3.8) is 0 Å². The van der Waals surface area contributed by atoms with Gasteiger partial charge in [-0.15, -0.1) is 0 Å². The van der Waals surface area contributed by atoms with Gasteiger partial charge in [0.25, 0.3) is 0 Å². The van der Waals surface area contributed by atoms with Gasteiger partial charge in [0, 0.05) is 24.2 Å². The van der Waals surface area contributed by atoms with Crippen LogP contribution in [-0.4, -0.2) is 50.5 Å². The third kappa shape index (κ3) is 3.77. The van der Waals surface area contributed by atoms with Gasteiger partial charge in [-0.3, -0.25) is 4.98 Å². The van der Waals surface area contributed by atoms with Crippen molar-refractivity contribution in [2.24, 2.45) is 0 Å². The molecule has 0 unspecified atom stereocenters. The number of ether oxygens (including phenoxy) is 3. The van der Waals surface area contributed by atoms with E-state index < -0.39 is 0 Å². The van der Waals surface area contributed by atoms with Gasteiger partial charge in [0.15, 0.2) is 0 Å². The van der Waals surface area contributed by atoms with Crippen LogP contribution in [0, 0.1) is 0 Å². The maximum atomic E-state index is 5.46. The minimum absolute atomic E-state index is 0.708. The van der Waals surface area contributed by atoms with E-state index in [4.69, 9.17) is 24.2 Å². The van der Waals surface area contributed by atoms with Crippen LogP contribution in [-0.2, 0) is 4.74 Å². The molecule has 1 saturated heterocycles. The summed E-state index contributed by atoms with van der Waals surface area (Å²) < 4.78 is 16.0. The summed E-state index contributed by atoms with van der Waals surface area (Å²) in [5, 5.41) is 0. The molecule has 28 heavy (non-hydrogen) atoms. The van der Waals surface area contributed by atoms with E-state index in [1.807, 2.05) is 54.7 Å². The van der Waals surface area contributed by atoms with Crippen LogP contribution in [0.2, 0.25) is 0 Å². The third-order valence-corrected chi connectivity index (χ3v) is 4.82. The maximum Gasteiger partial charge on any atom is 0.148 e. The molecule has 3 aromatic rings. The Balaban J connectivity index is 1.78. The maximum absolute atomic E-state index is 5.46. The number of aromatic nitrogens is 2. The highest BCUT2D eigenvalue weighted by Crippen LogP contribution is 2.32. The second kappa shape index (κ2) is 8.27. The summed E-state index contributed by atoms with van der Waals surface area (Å²) >= 11 is 0. The van der Waals surface area contributed by atoms with Gasteiger partial charge in [0.1, 0.15) is 17.3 Å². The van der Waals surface area contributed by atoms with E-state index in [1.54, 1.807) is 14.2 Å². The molecular formula is C22H23N3O3. The summed E-state index contributed by atoms with van der Waals surface area (Å²) in [5.74, 6) is 2.49. The van der Waals surface area contributed by atoms with Crippen LogP contribution in [0.1, 0.15) is 0 Å². The molecule has 144 valence electrons. The molecule has 1 aliphatic rings. The molecule has 0 atom stereocenters. The summed E-state index contributed by atoms with van der Waals surface area (Å²) in [6, 6.07) is 15.8. The van der Waals surface area contributed by atoms with Crippen molar-refractivity contribution >= 4 is 5.82 Å².